The Morgan fingerprint density at radius 3 is 2.00 bits per heavy atom. The molecule has 1 aliphatic rings. The molecule has 1 aromatic heterocycles. The Kier molecular flexibility index (Phi) is 3.12. The molecule has 0 radical (unpaired) electrons. The lowest BCUT2D eigenvalue weighted by Gasteiger charge is -2.25. The minimum atomic E-state index is -0.288. The van der Waals surface area contributed by atoms with E-state index >= 15 is 0 Å². The lowest BCUT2D eigenvalue weighted by molar-refractivity contribution is 0.813. The Hall–Kier alpha value is -2.59. The first-order valence-electron chi connectivity index (χ1n) is 5.57. The molecular weight excluding hydrogens is 224 g/mol. The van der Waals surface area contributed by atoms with Gasteiger partial charge >= 0.3 is 0 Å². The summed E-state index contributed by atoms with van der Waals surface area (Å²) in [6.45, 7) is 3.70. The molecule has 0 amide bonds. The zero-order chi connectivity index (χ0) is 13.1. The highest BCUT2D eigenvalue weighted by Crippen LogP contribution is 2.36. The predicted molar refractivity (Wildman–Crippen MR) is 66.7 cm³/mol. The minimum Gasteiger partial charge on any atom is -0.361 e. The largest absolute Gasteiger partial charge is 0.361 e. The lowest BCUT2D eigenvalue weighted by Crippen LogP contribution is -2.23. The Morgan fingerprint density at radius 1 is 1.06 bits per heavy atom. The van der Waals surface area contributed by atoms with Gasteiger partial charge < -0.3 is 5.32 Å². The van der Waals surface area contributed by atoms with E-state index in [4.69, 9.17) is 0 Å². The summed E-state index contributed by atoms with van der Waals surface area (Å²) in [5, 5.41) is 21.7. The molecule has 88 valence electrons. The summed E-state index contributed by atoms with van der Waals surface area (Å²) in [4.78, 5) is 3.97. The highest BCUT2D eigenvalue weighted by atomic mass is 14.9. The Balaban J connectivity index is 2.62. The van der Waals surface area contributed by atoms with Crippen LogP contribution in [0.25, 0.3) is 0 Å². The minimum absolute atomic E-state index is 0.288. The highest BCUT2D eigenvalue weighted by Gasteiger charge is 2.28. The van der Waals surface area contributed by atoms with Crippen molar-refractivity contribution in [3.63, 3.8) is 0 Å². The first-order chi connectivity index (χ1) is 8.69. The van der Waals surface area contributed by atoms with Crippen molar-refractivity contribution in [2.75, 3.05) is 0 Å². The van der Waals surface area contributed by atoms with Crippen molar-refractivity contribution in [2.24, 2.45) is 0 Å². The first-order valence-corrected chi connectivity index (χ1v) is 5.57. The molecule has 0 spiro atoms. The maximum absolute atomic E-state index is 9.30. The maximum Gasteiger partial charge on any atom is 0.0975 e. The smallest absolute Gasteiger partial charge is 0.0975 e. The van der Waals surface area contributed by atoms with Crippen LogP contribution in [-0.4, -0.2) is 4.98 Å². The average Bonchev–Trinajstić information content (AvgIpc) is 2.39. The molecule has 4 heteroatoms. The van der Waals surface area contributed by atoms with Gasteiger partial charge in [0.1, 0.15) is 0 Å². The van der Waals surface area contributed by atoms with Crippen LogP contribution in [0.3, 0.4) is 0 Å². The van der Waals surface area contributed by atoms with Gasteiger partial charge in [0.25, 0.3) is 0 Å². The molecule has 2 heterocycles. The first kappa shape index (κ1) is 11.9. The third-order valence-corrected chi connectivity index (χ3v) is 3.04. The number of pyridine rings is 1. The van der Waals surface area contributed by atoms with Gasteiger partial charge in [-0.05, 0) is 31.5 Å². The van der Waals surface area contributed by atoms with Crippen LogP contribution in [0.4, 0.5) is 0 Å². The Labute approximate surface area is 106 Å². The fraction of sp³-hybridized carbons (Fsp3) is 0.214. The second-order valence-electron chi connectivity index (χ2n) is 4.14. The third kappa shape index (κ3) is 1.85. The normalized spacial score (nSPS) is 16.0. The van der Waals surface area contributed by atoms with Gasteiger partial charge in [-0.3, -0.25) is 4.98 Å². The molecular formula is C14H12N4. The summed E-state index contributed by atoms with van der Waals surface area (Å²) in [6.07, 6.45) is 3.35. The summed E-state index contributed by atoms with van der Waals surface area (Å²) >= 11 is 0. The number of hydrogen-bond donors (Lipinski definition) is 1. The van der Waals surface area contributed by atoms with Gasteiger partial charge in [-0.25, -0.2) is 0 Å². The number of nitriles is 2. The molecule has 1 aromatic rings. The molecule has 1 aliphatic heterocycles. The maximum atomic E-state index is 9.30. The number of nitrogens with zero attached hydrogens (tertiary/aromatic N) is 3. The number of hydrogen-bond acceptors (Lipinski definition) is 4. The fourth-order valence-corrected chi connectivity index (χ4v) is 2.18. The summed E-state index contributed by atoms with van der Waals surface area (Å²) in [7, 11) is 0. The molecule has 0 saturated carbocycles. The molecule has 18 heavy (non-hydrogen) atoms. The summed E-state index contributed by atoms with van der Waals surface area (Å²) < 4.78 is 0. The van der Waals surface area contributed by atoms with Gasteiger partial charge in [0.15, 0.2) is 0 Å². The van der Waals surface area contributed by atoms with Gasteiger partial charge in [-0.2, -0.15) is 10.5 Å². The molecule has 0 bridgehead atoms. The zero-order valence-electron chi connectivity index (χ0n) is 10.2. The van der Waals surface area contributed by atoms with E-state index in [1.54, 1.807) is 12.4 Å². The van der Waals surface area contributed by atoms with Gasteiger partial charge in [-0.15, -0.1) is 0 Å². The molecule has 0 saturated heterocycles. The Bertz CT molecular complexity index is 575. The van der Waals surface area contributed by atoms with Crippen molar-refractivity contribution in [1.29, 1.82) is 10.5 Å². The topological polar surface area (TPSA) is 72.5 Å². The molecule has 0 fully saturated rings. The number of rotatable bonds is 1. The SMILES string of the molecule is CC1=C(C#N)C(c2ccncc2)C(C#N)=C(C)N1. The second kappa shape index (κ2) is 4.73. The molecule has 0 atom stereocenters. The standard InChI is InChI=1S/C14H12N4/c1-9-12(7-15)14(11-3-5-17-6-4-11)13(8-16)10(2)18-9/h3-6,14,18H,1-2H3. The molecule has 0 aromatic carbocycles. The summed E-state index contributed by atoms with van der Waals surface area (Å²) in [6, 6.07) is 8.07. The monoisotopic (exact) mass is 236 g/mol. The van der Waals surface area contributed by atoms with Crippen LogP contribution in [-0.2, 0) is 0 Å². The van der Waals surface area contributed by atoms with E-state index in [1.807, 2.05) is 26.0 Å². The predicted octanol–water partition coefficient (Wildman–Crippen LogP) is 2.36. The molecule has 2 rings (SSSR count). The van der Waals surface area contributed by atoms with Crippen molar-refractivity contribution in [3.05, 3.63) is 52.6 Å². The molecule has 4 nitrogen and oxygen atoms in total. The lowest BCUT2D eigenvalue weighted by atomic mass is 9.82. The average molecular weight is 236 g/mol. The third-order valence-electron chi connectivity index (χ3n) is 3.04. The molecule has 0 aliphatic carbocycles. The van der Waals surface area contributed by atoms with E-state index in [9.17, 15) is 10.5 Å². The van der Waals surface area contributed by atoms with E-state index in [2.05, 4.69) is 22.4 Å². The van der Waals surface area contributed by atoms with E-state index in [0.29, 0.717) is 11.1 Å². The van der Waals surface area contributed by atoms with Gasteiger partial charge in [-0.1, -0.05) is 0 Å². The van der Waals surface area contributed by atoms with Crippen molar-refractivity contribution in [3.8, 4) is 12.1 Å². The quantitative estimate of drug-likeness (QED) is 0.812. The highest BCUT2D eigenvalue weighted by molar-refractivity contribution is 5.54. The van der Waals surface area contributed by atoms with Crippen LogP contribution in [0.5, 0.6) is 0 Å². The van der Waals surface area contributed by atoms with Gasteiger partial charge in [0, 0.05) is 23.8 Å². The van der Waals surface area contributed by atoms with E-state index in [1.165, 1.54) is 0 Å². The van der Waals surface area contributed by atoms with E-state index < -0.39 is 0 Å². The second-order valence-corrected chi connectivity index (χ2v) is 4.14. The Morgan fingerprint density at radius 2 is 1.56 bits per heavy atom. The van der Waals surface area contributed by atoms with Crippen LogP contribution in [0, 0.1) is 22.7 Å². The van der Waals surface area contributed by atoms with Crippen molar-refractivity contribution >= 4 is 0 Å². The molecule has 1 N–H and O–H groups in total. The summed E-state index contributed by atoms with van der Waals surface area (Å²) in [5.41, 5.74) is 3.69. The van der Waals surface area contributed by atoms with Crippen LogP contribution in [0.15, 0.2) is 47.1 Å². The van der Waals surface area contributed by atoms with E-state index in [0.717, 1.165) is 17.0 Å². The number of nitrogens with one attached hydrogen (secondary N) is 1. The van der Waals surface area contributed by atoms with E-state index in [-0.39, 0.29) is 5.92 Å². The zero-order valence-corrected chi connectivity index (χ0v) is 10.2. The number of allylic oxidation sites excluding steroid dienone is 4. The van der Waals surface area contributed by atoms with Crippen LogP contribution < -0.4 is 5.32 Å². The number of dihydropyridines is 1. The summed E-state index contributed by atoms with van der Waals surface area (Å²) in [5.74, 6) is -0.288. The van der Waals surface area contributed by atoms with Crippen LogP contribution in [0.1, 0.15) is 25.3 Å². The van der Waals surface area contributed by atoms with Gasteiger partial charge in [0.05, 0.1) is 29.2 Å². The van der Waals surface area contributed by atoms with Crippen LogP contribution >= 0.6 is 0 Å². The van der Waals surface area contributed by atoms with Gasteiger partial charge in [0.2, 0.25) is 0 Å². The van der Waals surface area contributed by atoms with Crippen molar-refractivity contribution < 1.29 is 0 Å². The van der Waals surface area contributed by atoms with Crippen LogP contribution in [0.2, 0.25) is 0 Å². The van der Waals surface area contributed by atoms with Crippen molar-refractivity contribution in [2.45, 2.75) is 19.8 Å². The molecule has 0 unspecified atom stereocenters. The van der Waals surface area contributed by atoms with Crippen molar-refractivity contribution in [1.82, 2.24) is 10.3 Å². The number of aromatic nitrogens is 1. The fourth-order valence-electron chi connectivity index (χ4n) is 2.18.